The Kier molecular flexibility index (Phi) is 5.30. The molecule has 2 rings (SSSR count). The van der Waals surface area contributed by atoms with Crippen LogP contribution in [0.25, 0.3) is 0 Å². The first-order valence-electron chi connectivity index (χ1n) is 8.42. The molecule has 0 aliphatic heterocycles. The Labute approximate surface area is 138 Å². The van der Waals surface area contributed by atoms with Crippen LogP contribution < -0.4 is 5.56 Å². The van der Waals surface area contributed by atoms with E-state index < -0.39 is 0 Å². The molecule has 0 unspecified atom stereocenters. The van der Waals surface area contributed by atoms with Crippen molar-refractivity contribution in [3.05, 3.63) is 34.2 Å². The molecule has 0 bridgehead atoms. The highest BCUT2D eigenvalue weighted by Crippen LogP contribution is 2.46. The number of hydrogen-bond donors (Lipinski definition) is 0. The summed E-state index contributed by atoms with van der Waals surface area (Å²) in [7, 11) is 1.68. The van der Waals surface area contributed by atoms with Crippen LogP contribution in [0.3, 0.4) is 0 Å². The molecule has 1 saturated carbocycles. The maximum atomic E-state index is 12.9. The van der Waals surface area contributed by atoms with E-state index in [4.69, 9.17) is 4.74 Å². The lowest BCUT2D eigenvalue weighted by Crippen LogP contribution is -2.63. The molecule has 5 heteroatoms. The summed E-state index contributed by atoms with van der Waals surface area (Å²) >= 11 is 0. The van der Waals surface area contributed by atoms with Crippen molar-refractivity contribution in [1.29, 1.82) is 0 Å². The lowest BCUT2D eigenvalue weighted by atomic mass is 9.63. The zero-order valence-corrected chi connectivity index (χ0v) is 14.8. The Hall–Kier alpha value is -1.62. The highest BCUT2D eigenvalue weighted by Gasteiger charge is 2.52. The minimum Gasteiger partial charge on any atom is -0.378 e. The van der Waals surface area contributed by atoms with E-state index in [-0.39, 0.29) is 29.0 Å². The number of ether oxygens (including phenoxy) is 1. The van der Waals surface area contributed by atoms with Gasteiger partial charge in [0.05, 0.1) is 6.10 Å². The number of aromatic nitrogens is 1. The number of nitrogens with zero attached hydrogens (tertiary/aromatic N) is 2. The number of carbonyl (C=O) groups is 1. The van der Waals surface area contributed by atoms with Crippen molar-refractivity contribution in [2.75, 3.05) is 13.2 Å². The maximum absolute atomic E-state index is 12.9. The van der Waals surface area contributed by atoms with Crippen LogP contribution in [0.2, 0.25) is 0 Å². The molecule has 0 radical (unpaired) electrons. The van der Waals surface area contributed by atoms with Crippen molar-refractivity contribution in [2.24, 2.45) is 12.5 Å². The largest absolute Gasteiger partial charge is 0.378 e. The van der Waals surface area contributed by atoms with Gasteiger partial charge in [-0.3, -0.25) is 9.59 Å². The third-order valence-electron chi connectivity index (χ3n) is 4.95. The molecule has 1 heterocycles. The Morgan fingerprint density at radius 1 is 1.43 bits per heavy atom. The van der Waals surface area contributed by atoms with Gasteiger partial charge in [0, 0.05) is 49.5 Å². The fraction of sp³-hybridized carbons (Fsp3) is 0.667. The summed E-state index contributed by atoms with van der Waals surface area (Å²) in [4.78, 5) is 26.7. The van der Waals surface area contributed by atoms with Crippen LogP contribution in [-0.4, -0.2) is 40.7 Å². The Morgan fingerprint density at radius 2 is 2.13 bits per heavy atom. The van der Waals surface area contributed by atoms with Crippen molar-refractivity contribution in [1.82, 2.24) is 9.47 Å². The zero-order chi connectivity index (χ0) is 17.2. The number of amides is 1. The van der Waals surface area contributed by atoms with E-state index in [1.165, 1.54) is 10.6 Å². The first-order chi connectivity index (χ1) is 10.8. The summed E-state index contributed by atoms with van der Waals surface area (Å²) in [6.45, 7) is 9.76. The van der Waals surface area contributed by atoms with Crippen molar-refractivity contribution < 1.29 is 9.53 Å². The first kappa shape index (κ1) is 17.7. The average Bonchev–Trinajstić information content (AvgIpc) is 2.51. The molecule has 1 fully saturated rings. The second-order valence-electron chi connectivity index (χ2n) is 6.88. The van der Waals surface area contributed by atoms with Crippen LogP contribution in [0.5, 0.6) is 0 Å². The van der Waals surface area contributed by atoms with Gasteiger partial charge in [0.2, 0.25) is 0 Å². The van der Waals surface area contributed by atoms with Gasteiger partial charge in [0.25, 0.3) is 11.5 Å². The zero-order valence-electron chi connectivity index (χ0n) is 14.8. The monoisotopic (exact) mass is 320 g/mol. The number of rotatable bonds is 6. The van der Waals surface area contributed by atoms with Gasteiger partial charge in [-0.15, -0.1) is 0 Å². The molecule has 1 aromatic heterocycles. The van der Waals surface area contributed by atoms with E-state index in [9.17, 15) is 9.59 Å². The van der Waals surface area contributed by atoms with Gasteiger partial charge in [-0.2, -0.15) is 0 Å². The van der Waals surface area contributed by atoms with Crippen molar-refractivity contribution in [3.63, 3.8) is 0 Å². The highest BCUT2D eigenvalue weighted by atomic mass is 16.5. The molecule has 1 aliphatic rings. The molecule has 1 aromatic rings. The molecule has 0 saturated heterocycles. The Morgan fingerprint density at radius 3 is 2.65 bits per heavy atom. The molecule has 0 N–H and O–H groups in total. The normalized spacial score (nSPS) is 22.5. The second-order valence-corrected chi connectivity index (χ2v) is 6.88. The molecular weight excluding hydrogens is 292 g/mol. The van der Waals surface area contributed by atoms with Crippen molar-refractivity contribution >= 4 is 5.91 Å². The van der Waals surface area contributed by atoms with Gasteiger partial charge in [-0.05, 0) is 25.8 Å². The van der Waals surface area contributed by atoms with E-state index in [1.54, 1.807) is 19.3 Å². The predicted octanol–water partition coefficient (Wildman–Crippen LogP) is 2.44. The smallest absolute Gasteiger partial charge is 0.254 e. The van der Waals surface area contributed by atoms with Crippen LogP contribution in [-0.2, 0) is 11.8 Å². The summed E-state index contributed by atoms with van der Waals surface area (Å²) in [5.74, 6) is -0.0578. The highest BCUT2D eigenvalue weighted by molar-refractivity contribution is 5.94. The fourth-order valence-electron chi connectivity index (χ4n) is 3.36. The standard InChI is InChI=1S/C18H28N2O3/c1-6-9-20(14-12-15(23-7-2)18(14,3)4)17(22)13-8-10-19(5)16(21)11-13/h8,10-11,14-15H,6-7,9,12H2,1-5H3/t14-,15-/m0/s1. The minimum absolute atomic E-state index is 0.0578. The molecule has 5 nitrogen and oxygen atoms in total. The number of pyridine rings is 1. The number of hydrogen-bond acceptors (Lipinski definition) is 3. The molecule has 128 valence electrons. The quantitative estimate of drug-likeness (QED) is 0.809. The van der Waals surface area contributed by atoms with Gasteiger partial charge in [0.1, 0.15) is 0 Å². The topological polar surface area (TPSA) is 51.5 Å². The van der Waals surface area contributed by atoms with E-state index in [1.807, 2.05) is 11.8 Å². The molecule has 0 spiro atoms. The lowest BCUT2D eigenvalue weighted by molar-refractivity contribution is -0.140. The summed E-state index contributed by atoms with van der Waals surface area (Å²) in [6.07, 6.45) is 3.59. The van der Waals surface area contributed by atoms with Crippen LogP contribution in [0, 0.1) is 5.41 Å². The van der Waals surface area contributed by atoms with E-state index >= 15 is 0 Å². The molecule has 0 aromatic carbocycles. The van der Waals surface area contributed by atoms with Gasteiger partial charge >= 0.3 is 0 Å². The summed E-state index contributed by atoms with van der Waals surface area (Å²) < 4.78 is 7.25. The average molecular weight is 320 g/mol. The summed E-state index contributed by atoms with van der Waals surface area (Å²) in [6, 6.07) is 3.30. The Bertz CT molecular complexity index is 621. The molecule has 1 amide bonds. The number of aryl methyl sites for hydroxylation is 1. The summed E-state index contributed by atoms with van der Waals surface area (Å²) in [5, 5.41) is 0. The van der Waals surface area contributed by atoms with Gasteiger partial charge < -0.3 is 14.2 Å². The van der Waals surface area contributed by atoms with Crippen molar-refractivity contribution in [3.8, 4) is 0 Å². The van der Waals surface area contributed by atoms with E-state index in [0.717, 1.165) is 12.8 Å². The van der Waals surface area contributed by atoms with E-state index in [2.05, 4.69) is 20.8 Å². The predicted molar refractivity (Wildman–Crippen MR) is 90.6 cm³/mol. The SMILES string of the molecule is CCCN(C(=O)c1ccn(C)c(=O)c1)[C@H]1C[C@H](OCC)C1(C)C. The van der Waals surface area contributed by atoms with Gasteiger partial charge in [-0.1, -0.05) is 20.8 Å². The van der Waals surface area contributed by atoms with Crippen LogP contribution >= 0.6 is 0 Å². The molecule has 23 heavy (non-hydrogen) atoms. The third-order valence-corrected chi connectivity index (χ3v) is 4.95. The van der Waals surface area contributed by atoms with Crippen LogP contribution in [0.1, 0.15) is 50.9 Å². The summed E-state index contributed by atoms with van der Waals surface area (Å²) in [5.41, 5.74) is 0.241. The third kappa shape index (κ3) is 3.34. The first-order valence-corrected chi connectivity index (χ1v) is 8.42. The van der Waals surface area contributed by atoms with Crippen LogP contribution in [0.15, 0.2) is 23.1 Å². The molecular formula is C18H28N2O3. The fourth-order valence-corrected chi connectivity index (χ4v) is 3.36. The van der Waals surface area contributed by atoms with E-state index in [0.29, 0.717) is 18.7 Å². The van der Waals surface area contributed by atoms with Gasteiger partial charge in [-0.25, -0.2) is 0 Å². The van der Waals surface area contributed by atoms with Crippen molar-refractivity contribution in [2.45, 2.75) is 52.7 Å². The van der Waals surface area contributed by atoms with Crippen LogP contribution in [0.4, 0.5) is 0 Å². The second kappa shape index (κ2) is 6.87. The minimum atomic E-state index is -0.160. The maximum Gasteiger partial charge on any atom is 0.254 e. The Balaban J connectivity index is 2.23. The molecule has 1 aliphatic carbocycles. The van der Waals surface area contributed by atoms with Gasteiger partial charge in [0.15, 0.2) is 0 Å². The lowest BCUT2D eigenvalue weighted by Gasteiger charge is -2.55. The molecule has 2 atom stereocenters. The number of carbonyl (C=O) groups excluding carboxylic acids is 1.